The number of aryl methyl sites for hydroxylation is 1. The zero-order valence-electron chi connectivity index (χ0n) is 9.33. The highest BCUT2D eigenvalue weighted by molar-refractivity contribution is 7.85. The third-order valence-electron chi connectivity index (χ3n) is 2.44. The minimum Gasteiger partial charge on any atom is -0.330 e. The van der Waals surface area contributed by atoms with Crippen LogP contribution in [-0.4, -0.2) is 22.7 Å². The Kier molecular flexibility index (Phi) is 4.70. The predicted molar refractivity (Wildman–Crippen MR) is 61.1 cm³/mol. The average molecular weight is 265 g/mol. The second kappa shape index (κ2) is 5.64. The van der Waals surface area contributed by atoms with Crippen LogP contribution < -0.4 is 5.73 Å². The number of benzene rings is 1. The molecule has 0 heterocycles. The number of hydrogen-bond acceptors (Lipinski definition) is 2. The molecule has 2 atom stereocenters. The van der Waals surface area contributed by atoms with Crippen LogP contribution in [0.15, 0.2) is 29.2 Å². The van der Waals surface area contributed by atoms with Gasteiger partial charge in [-0.3, -0.25) is 4.21 Å². The van der Waals surface area contributed by atoms with Gasteiger partial charge in [0.1, 0.15) is 0 Å². The first-order valence-corrected chi connectivity index (χ1v) is 6.39. The van der Waals surface area contributed by atoms with Crippen molar-refractivity contribution in [3.63, 3.8) is 0 Å². The Morgan fingerprint density at radius 2 is 1.94 bits per heavy atom. The molecule has 0 radical (unpaired) electrons. The maximum Gasteiger partial charge on any atom is 0.393 e. The van der Waals surface area contributed by atoms with Crippen molar-refractivity contribution in [2.45, 2.75) is 18.0 Å². The van der Waals surface area contributed by atoms with E-state index in [9.17, 15) is 17.4 Å². The number of rotatable bonds is 4. The molecule has 96 valence electrons. The highest BCUT2D eigenvalue weighted by atomic mass is 32.2. The van der Waals surface area contributed by atoms with E-state index in [1.165, 1.54) is 0 Å². The van der Waals surface area contributed by atoms with Gasteiger partial charge in [-0.1, -0.05) is 18.2 Å². The Morgan fingerprint density at radius 3 is 2.41 bits per heavy atom. The molecular weight excluding hydrogens is 251 g/mol. The van der Waals surface area contributed by atoms with E-state index >= 15 is 0 Å². The molecule has 0 aliphatic rings. The summed E-state index contributed by atoms with van der Waals surface area (Å²) < 4.78 is 49.3. The third kappa shape index (κ3) is 3.81. The number of alkyl halides is 3. The largest absolute Gasteiger partial charge is 0.393 e. The van der Waals surface area contributed by atoms with Crippen LogP contribution in [0.4, 0.5) is 13.2 Å². The maximum absolute atomic E-state index is 12.5. The molecule has 0 aliphatic carbocycles. The van der Waals surface area contributed by atoms with Gasteiger partial charge in [-0.15, -0.1) is 0 Å². The van der Waals surface area contributed by atoms with Crippen LogP contribution in [0.2, 0.25) is 0 Å². The lowest BCUT2D eigenvalue weighted by molar-refractivity contribution is -0.165. The molecule has 0 bridgehead atoms. The van der Waals surface area contributed by atoms with Crippen molar-refractivity contribution in [1.29, 1.82) is 0 Å². The summed E-state index contributed by atoms with van der Waals surface area (Å²) in [5.74, 6) is -2.20. The van der Waals surface area contributed by atoms with Crippen molar-refractivity contribution in [3.05, 3.63) is 29.8 Å². The van der Waals surface area contributed by atoms with Crippen LogP contribution in [0.25, 0.3) is 0 Å². The smallest absolute Gasteiger partial charge is 0.330 e. The van der Waals surface area contributed by atoms with Crippen molar-refractivity contribution >= 4 is 10.8 Å². The molecule has 2 unspecified atom stereocenters. The van der Waals surface area contributed by atoms with E-state index in [0.717, 1.165) is 5.56 Å². The molecule has 0 saturated heterocycles. The van der Waals surface area contributed by atoms with Crippen molar-refractivity contribution in [3.8, 4) is 0 Å². The van der Waals surface area contributed by atoms with E-state index in [1.54, 1.807) is 31.2 Å². The summed E-state index contributed by atoms with van der Waals surface area (Å²) in [4.78, 5) is 0.440. The molecule has 1 aromatic rings. The van der Waals surface area contributed by atoms with Crippen LogP contribution in [0.5, 0.6) is 0 Å². The minimum atomic E-state index is -4.40. The van der Waals surface area contributed by atoms with E-state index < -0.39 is 35.2 Å². The summed E-state index contributed by atoms with van der Waals surface area (Å²) in [7, 11) is -1.67. The molecule has 6 heteroatoms. The topological polar surface area (TPSA) is 43.1 Å². The molecule has 17 heavy (non-hydrogen) atoms. The van der Waals surface area contributed by atoms with Gasteiger partial charge in [0.05, 0.1) is 16.7 Å². The molecule has 1 aromatic carbocycles. The van der Waals surface area contributed by atoms with E-state index in [2.05, 4.69) is 0 Å². The maximum atomic E-state index is 12.5. The Bertz CT molecular complexity index is 406. The summed E-state index contributed by atoms with van der Waals surface area (Å²) in [6.07, 6.45) is -4.40. The molecule has 0 spiro atoms. The second-order valence-corrected chi connectivity index (χ2v) is 5.22. The lowest BCUT2D eigenvalue weighted by Crippen LogP contribution is -2.34. The molecular formula is C11H14F3NOS. The number of halogens is 3. The van der Waals surface area contributed by atoms with E-state index in [-0.39, 0.29) is 0 Å². The molecule has 0 amide bonds. The fourth-order valence-electron chi connectivity index (χ4n) is 1.38. The van der Waals surface area contributed by atoms with Crippen molar-refractivity contribution in [1.82, 2.24) is 0 Å². The normalized spacial score (nSPS) is 15.6. The van der Waals surface area contributed by atoms with Crippen molar-refractivity contribution in [2.75, 3.05) is 12.3 Å². The highest BCUT2D eigenvalue weighted by Gasteiger charge is 2.39. The van der Waals surface area contributed by atoms with Crippen LogP contribution in [0, 0.1) is 12.8 Å². The number of nitrogens with two attached hydrogens (primary N) is 1. The van der Waals surface area contributed by atoms with Gasteiger partial charge in [0.2, 0.25) is 0 Å². The zero-order chi connectivity index (χ0) is 13.1. The first-order chi connectivity index (χ1) is 7.86. The molecule has 0 saturated carbocycles. The molecule has 2 nitrogen and oxygen atoms in total. The second-order valence-electron chi connectivity index (χ2n) is 3.75. The van der Waals surface area contributed by atoms with E-state index in [4.69, 9.17) is 5.73 Å². The van der Waals surface area contributed by atoms with Gasteiger partial charge in [0.15, 0.2) is 0 Å². The Hall–Kier alpha value is -0.880. The summed E-state index contributed by atoms with van der Waals surface area (Å²) in [5.41, 5.74) is 5.79. The highest BCUT2D eigenvalue weighted by Crippen LogP contribution is 2.27. The lowest BCUT2D eigenvalue weighted by Gasteiger charge is -2.18. The SMILES string of the molecule is Cc1ccccc1S(=O)CC(CN)C(F)(F)F. The van der Waals surface area contributed by atoms with Crippen LogP contribution in [0.1, 0.15) is 5.56 Å². The Labute approximate surface area is 100 Å². The van der Waals surface area contributed by atoms with Gasteiger partial charge in [-0.25, -0.2) is 0 Å². The Balaban J connectivity index is 2.83. The Morgan fingerprint density at radius 1 is 1.35 bits per heavy atom. The third-order valence-corrected chi connectivity index (χ3v) is 4.09. The first kappa shape index (κ1) is 14.2. The quantitative estimate of drug-likeness (QED) is 0.907. The molecule has 0 fully saturated rings. The van der Waals surface area contributed by atoms with E-state index in [1.807, 2.05) is 0 Å². The first-order valence-electron chi connectivity index (χ1n) is 5.07. The average Bonchev–Trinajstić information content (AvgIpc) is 2.24. The van der Waals surface area contributed by atoms with Crippen molar-refractivity contribution in [2.24, 2.45) is 11.7 Å². The van der Waals surface area contributed by atoms with Crippen LogP contribution in [0.3, 0.4) is 0 Å². The summed E-state index contributed by atoms with van der Waals surface area (Å²) in [5, 5.41) is 0. The van der Waals surface area contributed by atoms with Gasteiger partial charge in [-0.2, -0.15) is 13.2 Å². The van der Waals surface area contributed by atoms with Crippen LogP contribution >= 0.6 is 0 Å². The predicted octanol–water partition coefficient (Wildman–Crippen LogP) is 2.24. The van der Waals surface area contributed by atoms with Gasteiger partial charge in [0.25, 0.3) is 0 Å². The van der Waals surface area contributed by atoms with Gasteiger partial charge in [0, 0.05) is 17.2 Å². The molecule has 0 aromatic heterocycles. The summed E-state index contributed by atoms with van der Waals surface area (Å²) in [6.45, 7) is 1.18. The molecule has 2 N–H and O–H groups in total. The molecule has 1 rings (SSSR count). The number of hydrogen-bond donors (Lipinski definition) is 1. The zero-order valence-corrected chi connectivity index (χ0v) is 10.1. The lowest BCUT2D eigenvalue weighted by atomic mass is 10.2. The van der Waals surface area contributed by atoms with Gasteiger partial charge in [-0.05, 0) is 18.6 Å². The fourth-order valence-corrected chi connectivity index (χ4v) is 2.91. The molecule has 0 aliphatic heterocycles. The van der Waals surface area contributed by atoms with Crippen molar-refractivity contribution < 1.29 is 17.4 Å². The summed E-state index contributed by atoms with van der Waals surface area (Å²) in [6, 6.07) is 6.71. The minimum absolute atomic E-state index is 0.440. The van der Waals surface area contributed by atoms with Crippen LogP contribution in [-0.2, 0) is 10.8 Å². The van der Waals surface area contributed by atoms with Gasteiger partial charge >= 0.3 is 6.18 Å². The van der Waals surface area contributed by atoms with E-state index in [0.29, 0.717) is 4.90 Å². The summed E-state index contributed by atoms with van der Waals surface area (Å²) >= 11 is 0. The van der Waals surface area contributed by atoms with Gasteiger partial charge < -0.3 is 5.73 Å². The fraction of sp³-hybridized carbons (Fsp3) is 0.455. The standard InChI is InChI=1S/C11H14F3NOS/c1-8-4-2-3-5-10(8)17(16)7-9(6-15)11(12,13)14/h2-5,9H,6-7,15H2,1H3. The monoisotopic (exact) mass is 265 g/mol.